The largest absolute Gasteiger partial charge is 0.493 e. The fourth-order valence-corrected chi connectivity index (χ4v) is 4.58. The Balaban J connectivity index is 1.84. The van der Waals surface area contributed by atoms with Crippen LogP contribution in [0.5, 0.6) is 17.2 Å². The van der Waals surface area contributed by atoms with Crippen molar-refractivity contribution in [3.05, 3.63) is 82.5 Å². The van der Waals surface area contributed by atoms with E-state index in [0.29, 0.717) is 38.8 Å². The van der Waals surface area contributed by atoms with Gasteiger partial charge >= 0.3 is 0 Å². The quantitative estimate of drug-likeness (QED) is 0.439. The number of carbonyl (C=O) groups excluding carboxylic acids is 1. The molecule has 0 aliphatic carbocycles. The van der Waals surface area contributed by atoms with E-state index in [1.807, 2.05) is 48.5 Å². The van der Waals surface area contributed by atoms with E-state index in [0.717, 1.165) is 10.3 Å². The van der Waals surface area contributed by atoms with E-state index in [-0.39, 0.29) is 5.43 Å². The van der Waals surface area contributed by atoms with Gasteiger partial charge in [-0.25, -0.2) is 0 Å². The average molecular weight is 448 g/mol. The summed E-state index contributed by atoms with van der Waals surface area (Å²) >= 11 is 1.35. The van der Waals surface area contributed by atoms with Crippen molar-refractivity contribution in [1.29, 1.82) is 0 Å². The van der Waals surface area contributed by atoms with E-state index in [2.05, 4.69) is 5.32 Å². The number of anilines is 1. The van der Waals surface area contributed by atoms with E-state index in [1.54, 1.807) is 18.2 Å². The lowest BCUT2D eigenvalue weighted by Crippen LogP contribution is -2.16. The van der Waals surface area contributed by atoms with Crippen molar-refractivity contribution in [2.75, 3.05) is 26.6 Å². The molecule has 0 bridgehead atoms. The number of carbonyl (C=O) groups is 1. The number of hydrogen-bond acceptors (Lipinski definition) is 6. The number of benzene rings is 3. The molecule has 1 heterocycles. The van der Waals surface area contributed by atoms with Crippen molar-refractivity contribution in [1.82, 2.24) is 0 Å². The molecule has 0 atom stereocenters. The Labute approximate surface area is 189 Å². The minimum absolute atomic E-state index is 0.134. The first-order chi connectivity index (χ1) is 15.6. The molecule has 0 saturated carbocycles. The minimum atomic E-state index is -0.396. The highest BCUT2D eigenvalue weighted by Gasteiger charge is 2.20. The second kappa shape index (κ2) is 9.11. The van der Waals surface area contributed by atoms with E-state index < -0.39 is 5.91 Å². The van der Waals surface area contributed by atoms with Gasteiger partial charge in [-0.15, -0.1) is 11.3 Å². The third-order valence-electron chi connectivity index (χ3n) is 5.01. The number of methoxy groups -OCH3 is 3. The molecule has 4 aromatic rings. The summed E-state index contributed by atoms with van der Waals surface area (Å²) < 4.78 is 16.8. The van der Waals surface area contributed by atoms with Gasteiger partial charge in [0.05, 0.1) is 26.9 Å². The van der Waals surface area contributed by atoms with Crippen LogP contribution < -0.4 is 25.0 Å². The molecular formula is C25H21NO5S. The van der Waals surface area contributed by atoms with Crippen molar-refractivity contribution in [3.63, 3.8) is 0 Å². The molecular weight excluding hydrogens is 426 g/mol. The van der Waals surface area contributed by atoms with Crippen LogP contribution >= 0.6 is 11.3 Å². The lowest BCUT2D eigenvalue weighted by molar-refractivity contribution is 0.102. The number of amides is 1. The highest BCUT2D eigenvalue weighted by Crippen LogP contribution is 2.39. The molecule has 1 aromatic heterocycles. The zero-order valence-corrected chi connectivity index (χ0v) is 18.6. The Bertz CT molecular complexity index is 1320. The Kier molecular flexibility index (Phi) is 6.09. The zero-order chi connectivity index (χ0) is 22.7. The lowest BCUT2D eigenvalue weighted by atomic mass is 10.1. The van der Waals surface area contributed by atoms with Crippen LogP contribution in [0.2, 0.25) is 0 Å². The summed E-state index contributed by atoms with van der Waals surface area (Å²) in [7, 11) is 4.47. The number of fused-ring (bicyclic) bond motifs is 1. The van der Waals surface area contributed by atoms with Gasteiger partial charge in [0.25, 0.3) is 5.91 Å². The highest BCUT2D eigenvalue weighted by molar-refractivity contribution is 7.22. The Morgan fingerprint density at radius 2 is 1.47 bits per heavy atom. The Hall–Kier alpha value is -3.84. The average Bonchev–Trinajstić information content (AvgIpc) is 2.83. The molecule has 7 heteroatoms. The molecule has 1 amide bonds. The fourth-order valence-electron chi connectivity index (χ4n) is 3.48. The fraction of sp³-hybridized carbons (Fsp3) is 0.120. The molecule has 4 rings (SSSR count). The molecule has 0 fully saturated rings. The first-order valence-corrected chi connectivity index (χ1v) is 10.6. The number of rotatable bonds is 6. The molecule has 0 aliphatic rings. The summed E-state index contributed by atoms with van der Waals surface area (Å²) in [6.45, 7) is 0. The maximum Gasteiger partial charge on any atom is 0.256 e. The van der Waals surface area contributed by atoms with Gasteiger partial charge in [0, 0.05) is 15.6 Å². The van der Waals surface area contributed by atoms with Gasteiger partial charge < -0.3 is 19.5 Å². The van der Waals surface area contributed by atoms with Crippen molar-refractivity contribution in [2.45, 2.75) is 0 Å². The molecule has 32 heavy (non-hydrogen) atoms. The molecule has 0 aliphatic heterocycles. The SMILES string of the molecule is COc1cc(C(=O)Nc2sc3ccccc3c(=O)c2-c2ccccc2)cc(OC)c1OC. The van der Waals surface area contributed by atoms with Gasteiger partial charge in [0.15, 0.2) is 16.9 Å². The van der Waals surface area contributed by atoms with Crippen LogP contribution in [0.15, 0.2) is 71.5 Å². The third kappa shape index (κ3) is 3.90. The second-order valence-electron chi connectivity index (χ2n) is 6.87. The van der Waals surface area contributed by atoms with E-state index in [4.69, 9.17) is 14.2 Å². The van der Waals surface area contributed by atoms with Crippen LogP contribution in [-0.4, -0.2) is 27.2 Å². The van der Waals surface area contributed by atoms with Crippen LogP contribution in [0, 0.1) is 0 Å². The van der Waals surface area contributed by atoms with Crippen molar-refractivity contribution < 1.29 is 19.0 Å². The molecule has 162 valence electrons. The Morgan fingerprint density at radius 1 is 0.844 bits per heavy atom. The van der Waals surface area contributed by atoms with Crippen molar-refractivity contribution >= 4 is 32.3 Å². The first-order valence-electron chi connectivity index (χ1n) is 9.80. The van der Waals surface area contributed by atoms with Gasteiger partial charge in [0.1, 0.15) is 5.00 Å². The molecule has 0 saturated heterocycles. The second-order valence-corrected chi connectivity index (χ2v) is 7.92. The van der Waals surface area contributed by atoms with Gasteiger partial charge in [-0.05, 0) is 29.8 Å². The maximum absolute atomic E-state index is 13.4. The van der Waals surface area contributed by atoms with Crippen molar-refractivity contribution in [3.8, 4) is 28.4 Å². The standard InChI is InChI=1S/C25H21NO5S/c1-29-18-13-16(14-19(30-2)23(18)31-3)24(28)26-25-21(15-9-5-4-6-10-15)22(27)17-11-7-8-12-20(17)32-25/h4-14H,1-3H3,(H,26,28). The van der Waals surface area contributed by atoms with Gasteiger partial charge in [-0.2, -0.15) is 0 Å². The summed E-state index contributed by atoms with van der Waals surface area (Å²) in [6.07, 6.45) is 0. The molecule has 0 unspecified atom stereocenters. The van der Waals surface area contributed by atoms with Crippen LogP contribution in [0.3, 0.4) is 0 Å². The smallest absolute Gasteiger partial charge is 0.256 e. The van der Waals surface area contributed by atoms with Crippen LogP contribution in [0.1, 0.15) is 10.4 Å². The predicted molar refractivity (Wildman–Crippen MR) is 128 cm³/mol. The number of ether oxygens (including phenoxy) is 3. The number of hydrogen-bond donors (Lipinski definition) is 1. The van der Waals surface area contributed by atoms with Crippen LogP contribution in [0.25, 0.3) is 21.2 Å². The van der Waals surface area contributed by atoms with Gasteiger partial charge in [-0.3, -0.25) is 9.59 Å². The van der Waals surface area contributed by atoms with Crippen LogP contribution in [0.4, 0.5) is 5.00 Å². The summed E-state index contributed by atoms with van der Waals surface area (Å²) in [5, 5.41) is 4.01. The summed E-state index contributed by atoms with van der Waals surface area (Å²) in [4.78, 5) is 26.6. The maximum atomic E-state index is 13.4. The molecule has 3 aromatic carbocycles. The monoisotopic (exact) mass is 447 g/mol. The highest BCUT2D eigenvalue weighted by atomic mass is 32.1. The molecule has 0 radical (unpaired) electrons. The summed E-state index contributed by atoms with van der Waals surface area (Å²) in [5.74, 6) is 0.734. The summed E-state index contributed by atoms with van der Waals surface area (Å²) in [5.41, 5.74) is 1.37. The Morgan fingerprint density at radius 3 is 2.09 bits per heavy atom. The molecule has 6 nitrogen and oxygen atoms in total. The predicted octanol–water partition coefficient (Wildman–Crippen LogP) is 5.21. The van der Waals surface area contributed by atoms with E-state index in [1.165, 1.54) is 32.7 Å². The van der Waals surface area contributed by atoms with Crippen LogP contribution in [-0.2, 0) is 0 Å². The van der Waals surface area contributed by atoms with Crippen molar-refractivity contribution in [2.24, 2.45) is 0 Å². The molecule has 0 spiro atoms. The molecule has 1 N–H and O–H groups in total. The van der Waals surface area contributed by atoms with Gasteiger partial charge in [0.2, 0.25) is 5.75 Å². The van der Waals surface area contributed by atoms with Gasteiger partial charge in [-0.1, -0.05) is 42.5 Å². The van der Waals surface area contributed by atoms with E-state index >= 15 is 0 Å². The van der Waals surface area contributed by atoms with E-state index in [9.17, 15) is 9.59 Å². The summed E-state index contributed by atoms with van der Waals surface area (Å²) in [6, 6.07) is 19.8. The topological polar surface area (TPSA) is 73.9 Å². The normalized spacial score (nSPS) is 10.6. The third-order valence-corrected chi connectivity index (χ3v) is 6.10. The zero-order valence-electron chi connectivity index (χ0n) is 17.8. The first kappa shape index (κ1) is 21.4. The minimum Gasteiger partial charge on any atom is -0.493 e. The number of nitrogens with one attached hydrogen (secondary N) is 1. The lowest BCUT2D eigenvalue weighted by Gasteiger charge is -2.15.